The summed E-state index contributed by atoms with van der Waals surface area (Å²) in [6.07, 6.45) is 0.695. The van der Waals surface area contributed by atoms with Crippen LogP contribution in [0.1, 0.15) is 29.8 Å². The molecule has 0 aliphatic heterocycles. The first kappa shape index (κ1) is 11.8. The third kappa shape index (κ3) is 3.39. The van der Waals surface area contributed by atoms with Gasteiger partial charge in [0.15, 0.2) is 0 Å². The Balaban J connectivity index is 2.01. The number of hydrogen-bond donors (Lipinski definition) is 1. The summed E-state index contributed by atoms with van der Waals surface area (Å²) in [5, 5.41) is 11.2. The predicted molar refractivity (Wildman–Crippen MR) is 65.7 cm³/mol. The fraction of sp³-hybridized carbons (Fsp3) is 0.385. The predicted octanol–water partition coefficient (Wildman–Crippen LogP) is 2.08. The first-order valence-electron chi connectivity index (χ1n) is 5.85. The molecule has 17 heavy (non-hydrogen) atoms. The van der Waals surface area contributed by atoms with E-state index in [1.165, 1.54) is 11.1 Å². The van der Waals surface area contributed by atoms with Crippen molar-refractivity contribution in [1.29, 1.82) is 0 Å². The van der Waals surface area contributed by atoms with Crippen molar-refractivity contribution in [1.82, 2.24) is 15.5 Å². The Kier molecular flexibility index (Phi) is 3.88. The van der Waals surface area contributed by atoms with E-state index in [-0.39, 0.29) is 0 Å². The molecule has 0 aliphatic carbocycles. The molecule has 0 spiro atoms. The normalized spacial score (nSPS) is 10.7. The highest BCUT2D eigenvalue weighted by Crippen LogP contribution is 2.10. The van der Waals surface area contributed by atoms with Crippen molar-refractivity contribution in [3.63, 3.8) is 0 Å². The molecule has 0 unspecified atom stereocenters. The summed E-state index contributed by atoms with van der Waals surface area (Å²) < 4.78 is 5.54. The van der Waals surface area contributed by atoms with Gasteiger partial charge in [-0.2, -0.15) is 0 Å². The Bertz CT molecular complexity index is 479. The molecule has 90 valence electrons. The number of aromatic nitrogens is 2. The second-order valence-electron chi connectivity index (χ2n) is 4.04. The third-order valence-electron chi connectivity index (χ3n) is 2.47. The molecule has 1 N–H and O–H groups in total. The fourth-order valence-corrected chi connectivity index (χ4v) is 1.66. The number of hydrogen-bond acceptors (Lipinski definition) is 4. The number of aryl methyl sites for hydroxylation is 1. The zero-order valence-electron chi connectivity index (χ0n) is 10.2. The zero-order chi connectivity index (χ0) is 12.1. The van der Waals surface area contributed by atoms with E-state index in [0.29, 0.717) is 24.7 Å². The Morgan fingerprint density at radius 2 is 2.06 bits per heavy atom. The zero-order valence-corrected chi connectivity index (χ0v) is 10.2. The molecule has 2 rings (SSSR count). The van der Waals surface area contributed by atoms with Crippen LogP contribution in [0.15, 0.2) is 28.7 Å². The van der Waals surface area contributed by atoms with Gasteiger partial charge in [0.25, 0.3) is 0 Å². The minimum Gasteiger partial charge on any atom is -0.424 e. The van der Waals surface area contributed by atoms with Crippen molar-refractivity contribution in [2.45, 2.75) is 26.8 Å². The molecule has 0 fully saturated rings. The summed E-state index contributed by atoms with van der Waals surface area (Å²) in [6.45, 7) is 5.66. The summed E-state index contributed by atoms with van der Waals surface area (Å²) in [5.41, 5.74) is 2.44. The van der Waals surface area contributed by atoms with Gasteiger partial charge in [-0.15, -0.1) is 10.2 Å². The number of rotatable bonds is 5. The lowest BCUT2D eigenvalue weighted by Crippen LogP contribution is -2.11. The van der Waals surface area contributed by atoms with Crippen molar-refractivity contribution < 1.29 is 4.42 Å². The third-order valence-corrected chi connectivity index (χ3v) is 2.47. The molecule has 4 heteroatoms. The van der Waals surface area contributed by atoms with E-state index >= 15 is 0 Å². The van der Waals surface area contributed by atoms with E-state index in [2.05, 4.69) is 40.6 Å². The molecule has 0 radical (unpaired) electrons. The molecule has 0 aliphatic rings. The minimum atomic E-state index is 0.636. The monoisotopic (exact) mass is 231 g/mol. The second kappa shape index (κ2) is 5.59. The molecule has 1 aromatic carbocycles. The standard InChI is InChI=1S/C13H17N3O/c1-3-14-9-13-16-15-12(17-13)8-11-6-4-5-10(2)7-11/h4-7,14H,3,8-9H2,1-2H3. The van der Waals surface area contributed by atoms with E-state index < -0.39 is 0 Å². The highest BCUT2D eigenvalue weighted by Gasteiger charge is 2.06. The van der Waals surface area contributed by atoms with Gasteiger partial charge in [0, 0.05) is 0 Å². The Labute approximate surface area is 101 Å². The van der Waals surface area contributed by atoms with Crippen LogP contribution in [0.5, 0.6) is 0 Å². The van der Waals surface area contributed by atoms with Crippen LogP contribution in [0.2, 0.25) is 0 Å². The smallest absolute Gasteiger partial charge is 0.230 e. The van der Waals surface area contributed by atoms with Gasteiger partial charge in [-0.1, -0.05) is 36.8 Å². The van der Waals surface area contributed by atoms with Crippen LogP contribution in [-0.4, -0.2) is 16.7 Å². The van der Waals surface area contributed by atoms with Crippen molar-refractivity contribution >= 4 is 0 Å². The van der Waals surface area contributed by atoms with Gasteiger partial charge >= 0.3 is 0 Å². The molecule has 2 aromatic rings. The summed E-state index contributed by atoms with van der Waals surface area (Å²) >= 11 is 0. The van der Waals surface area contributed by atoms with E-state index in [0.717, 1.165) is 6.54 Å². The van der Waals surface area contributed by atoms with E-state index in [9.17, 15) is 0 Å². The van der Waals surface area contributed by atoms with Crippen molar-refractivity contribution in [3.8, 4) is 0 Å². The molecule has 1 aromatic heterocycles. The summed E-state index contributed by atoms with van der Waals surface area (Å²) in [5.74, 6) is 1.32. The van der Waals surface area contributed by atoms with Crippen LogP contribution in [0.25, 0.3) is 0 Å². The summed E-state index contributed by atoms with van der Waals surface area (Å²) in [4.78, 5) is 0. The molecule has 0 atom stereocenters. The van der Waals surface area contributed by atoms with Gasteiger partial charge in [0.1, 0.15) is 0 Å². The second-order valence-corrected chi connectivity index (χ2v) is 4.04. The van der Waals surface area contributed by atoms with Crippen LogP contribution >= 0.6 is 0 Å². The van der Waals surface area contributed by atoms with Crippen LogP contribution < -0.4 is 5.32 Å². The highest BCUT2D eigenvalue weighted by atomic mass is 16.4. The summed E-state index contributed by atoms with van der Waals surface area (Å²) in [6, 6.07) is 8.32. The molecule has 1 heterocycles. The van der Waals surface area contributed by atoms with Crippen LogP contribution in [0.4, 0.5) is 0 Å². The van der Waals surface area contributed by atoms with E-state index in [1.54, 1.807) is 0 Å². The molecule has 4 nitrogen and oxygen atoms in total. The maximum Gasteiger partial charge on any atom is 0.230 e. The van der Waals surface area contributed by atoms with E-state index in [4.69, 9.17) is 4.42 Å². The Hall–Kier alpha value is -1.68. The van der Waals surface area contributed by atoms with Crippen LogP contribution in [-0.2, 0) is 13.0 Å². The molecule has 0 amide bonds. The first-order valence-corrected chi connectivity index (χ1v) is 5.85. The van der Waals surface area contributed by atoms with Crippen molar-refractivity contribution in [3.05, 3.63) is 47.2 Å². The molecule has 0 saturated carbocycles. The van der Waals surface area contributed by atoms with Gasteiger partial charge in [-0.25, -0.2) is 0 Å². The van der Waals surface area contributed by atoms with Crippen molar-refractivity contribution in [2.24, 2.45) is 0 Å². The Morgan fingerprint density at radius 1 is 1.24 bits per heavy atom. The van der Waals surface area contributed by atoms with Gasteiger partial charge in [0.05, 0.1) is 13.0 Å². The Morgan fingerprint density at radius 3 is 2.82 bits per heavy atom. The number of benzene rings is 1. The SMILES string of the molecule is CCNCc1nnc(Cc2cccc(C)c2)o1. The summed E-state index contributed by atoms with van der Waals surface area (Å²) in [7, 11) is 0. The lowest BCUT2D eigenvalue weighted by Gasteiger charge is -1.98. The number of nitrogens with one attached hydrogen (secondary N) is 1. The first-order chi connectivity index (χ1) is 8.28. The van der Waals surface area contributed by atoms with Crippen LogP contribution in [0.3, 0.4) is 0 Å². The topological polar surface area (TPSA) is 51.0 Å². The molecular formula is C13H17N3O. The van der Waals surface area contributed by atoms with E-state index in [1.807, 2.05) is 13.0 Å². The van der Waals surface area contributed by atoms with Gasteiger partial charge in [-0.3, -0.25) is 0 Å². The van der Waals surface area contributed by atoms with Gasteiger partial charge in [-0.05, 0) is 19.0 Å². The maximum absolute atomic E-state index is 5.54. The van der Waals surface area contributed by atoms with Crippen molar-refractivity contribution in [2.75, 3.05) is 6.54 Å². The lowest BCUT2D eigenvalue weighted by molar-refractivity contribution is 0.441. The molecule has 0 bridgehead atoms. The lowest BCUT2D eigenvalue weighted by atomic mass is 10.1. The average molecular weight is 231 g/mol. The molecule has 0 saturated heterocycles. The average Bonchev–Trinajstić information content (AvgIpc) is 2.74. The highest BCUT2D eigenvalue weighted by molar-refractivity contribution is 5.24. The van der Waals surface area contributed by atoms with Gasteiger partial charge < -0.3 is 9.73 Å². The maximum atomic E-state index is 5.54. The molecular weight excluding hydrogens is 214 g/mol. The quantitative estimate of drug-likeness (QED) is 0.856. The number of nitrogens with zero attached hydrogens (tertiary/aromatic N) is 2. The minimum absolute atomic E-state index is 0.636. The largest absolute Gasteiger partial charge is 0.424 e. The van der Waals surface area contributed by atoms with Crippen LogP contribution in [0, 0.1) is 6.92 Å². The van der Waals surface area contributed by atoms with Gasteiger partial charge in [0.2, 0.25) is 11.8 Å². The fourth-order valence-electron chi connectivity index (χ4n) is 1.66.